The molecule has 40 heavy (non-hydrogen) atoms. The lowest BCUT2D eigenvalue weighted by Gasteiger charge is -2.17. The van der Waals surface area contributed by atoms with Crippen LogP contribution in [0.3, 0.4) is 0 Å². The summed E-state index contributed by atoms with van der Waals surface area (Å²) in [6, 6.07) is 0.740. The van der Waals surface area contributed by atoms with Crippen LogP contribution in [0.2, 0.25) is 10.3 Å². The number of ether oxygens (including phenoxy) is 1. The Kier molecular flexibility index (Phi) is 8.04. The number of carbonyl (C=O) groups excluding carboxylic acids is 2. The molecule has 0 radical (unpaired) electrons. The largest absolute Gasteiger partial charge is 0.420 e. The van der Waals surface area contributed by atoms with Gasteiger partial charge in [-0.2, -0.15) is 23.4 Å². The second-order valence-corrected chi connectivity index (χ2v) is 9.19. The van der Waals surface area contributed by atoms with Crippen LogP contribution in [0, 0.1) is 0 Å². The van der Waals surface area contributed by atoms with Gasteiger partial charge in [0, 0.05) is 27.3 Å². The number of halogens is 5. The number of urea groups is 2. The summed E-state index contributed by atoms with van der Waals surface area (Å²) in [4.78, 5) is 33.9. The number of nitrogens with one attached hydrogen (secondary N) is 3. The second-order valence-electron chi connectivity index (χ2n) is 8.45. The van der Waals surface area contributed by atoms with E-state index in [1.54, 1.807) is 6.92 Å². The van der Waals surface area contributed by atoms with Crippen LogP contribution >= 0.6 is 23.2 Å². The molecular formula is C22H21Cl2F3N10O3. The molecule has 0 saturated heterocycles. The first-order valence-electron chi connectivity index (χ1n) is 11.2. The SMILES string of the molecule is CO[C@@H](C)c1c(NC(=O)Nc2cnc(-n3cc(NC(=O)N(C)C)c(Cl)n3)c(C(F)(F)F)c2)cnc2cc(Cl)nn12. The van der Waals surface area contributed by atoms with Gasteiger partial charge in [0.25, 0.3) is 0 Å². The topological polar surface area (TPSA) is 144 Å². The number of hydrogen-bond acceptors (Lipinski definition) is 7. The highest BCUT2D eigenvalue weighted by Gasteiger charge is 2.36. The van der Waals surface area contributed by atoms with Gasteiger partial charge in [0.05, 0.1) is 41.8 Å². The summed E-state index contributed by atoms with van der Waals surface area (Å²) < 4.78 is 49.5. The quantitative estimate of drug-likeness (QED) is 0.280. The molecule has 4 amide bonds. The van der Waals surface area contributed by atoms with Crippen molar-refractivity contribution < 1.29 is 27.5 Å². The van der Waals surface area contributed by atoms with E-state index in [9.17, 15) is 22.8 Å². The van der Waals surface area contributed by atoms with E-state index < -0.39 is 35.7 Å². The van der Waals surface area contributed by atoms with Gasteiger partial charge in [-0.1, -0.05) is 23.2 Å². The van der Waals surface area contributed by atoms with Crippen molar-refractivity contribution >= 4 is 58.0 Å². The van der Waals surface area contributed by atoms with Crippen LogP contribution in [-0.4, -0.2) is 67.5 Å². The van der Waals surface area contributed by atoms with Gasteiger partial charge in [-0.3, -0.25) is 0 Å². The number of hydrogen-bond donors (Lipinski definition) is 3. The molecule has 4 rings (SSSR count). The molecule has 18 heteroatoms. The molecule has 0 aromatic carbocycles. The van der Waals surface area contributed by atoms with E-state index in [-0.39, 0.29) is 27.4 Å². The molecule has 0 aliphatic rings. The lowest BCUT2D eigenvalue weighted by Crippen LogP contribution is -2.27. The first-order valence-corrected chi connectivity index (χ1v) is 12.0. The zero-order valence-electron chi connectivity index (χ0n) is 21.2. The van der Waals surface area contributed by atoms with Crippen LogP contribution in [0.5, 0.6) is 0 Å². The number of carbonyl (C=O) groups is 2. The van der Waals surface area contributed by atoms with Crippen molar-refractivity contribution in [2.45, 2.75) is 19.2 Å². The van der Waals surface area contributed by atoms with Crippen LogP contribution in [0.15, 0.2) is 30.7 Å². The third kappa shape index (κ3) is 6.03. The van der Waals surface area contributed by atoms with E-state index in [4.69, 9.17) is 27.9 Å². The summed E-state index contributed by atoms with van der Waals surface area (Å²) >= 11 is 12.0. The van der Waals surface area contributed by atoms with Crippen molar-refractivity contribution in [1.82, 2.24) is 34.3 Å². The first kappa shape index (κ1) is 28.8. The minimum absolute atomic E-state index is 0.0259. The van der Waals surface area contributed by atoms with Crippen molar-refractivity contribution in [1.29, 1.82) is 0 Å². The van der Waals surface area contributed by atoms with Gasteiger partial charge in [-0.25, -0.2) is 28.8 Å². The van der Waals surface area contributed by atoms with Crippen molar-refractivity contribution in [3.05, 3.63) is 52.3 Å². The monoisotopic (exact) mass is 600 g/mol. The number of amides is 4. The number of pyridine rings is 1. The fourth-order valence-corrected chi connectivity index (χ4v) is 3.85. The Balaban J connectivity index is 1.62. The Morgan fingerprint density at radius 3 is 2.42 bits per heavy atom. The summed E-state index contributed by atoms with van der Waals surface area (Å²) in [5.41, 5.74) is -0.553. The van der Waals surface area contributed by atoms with E-state index in [0.29, 0.717) is 17.4 Å². The molecule has 0 fully saturated rings. The number of alkyl halides is 3. The van der Waals surface area contributed by atoms with Crippen molar-refractivity contribution in [3.63, 3.8) is 0 Å². The highest BCUT2D eigenvalue weighted by molar-refractivity contribution is 6.32. The molecule has 4 aromatic heterocycles. The molecule has 212 valence electrons. The van der Waals surface area contributed by atoms with Crippen molar-refractivity contribution in [3.8, 4) is 5.82 Å². The molecule has 0 saturated carbocycles. The first-order chi connectivity index (χ1) is 18.8. The van der Waals surface area contributed by atoms with Crippen molar-refractivity contribution in [2.24, 2.45) is 0 Å². The number of rotatable bonds is 6. The van der Waals surface area contributed by atoms with E-state index >= 15 is 0 Å². The molecule has 0 aliphatic carbocycles. The van der Waals surface area contributed by atoms with Crippen LogP contribution < -0.4 is 16.0 Å². The van der Waals surface area contributed by atoms with Crippen LogP contribution in [0.25, 0.3) is 11.5 Å². The molecule has 4 aromatic rings. The minimum atomic E-state index is -4.89. The molecule has 0 aliphatic heterocycles. The number of anilines is 3. The zero-order chi connectivity index (χ0) is 29.4. The highest BCUT2D eigenvalue weighted by Crippen LogP contribution is 2.35. The van der Waals surface area contributed by atoms with Gasteiger partial charge < -0.3 is 25.6 Å². The van der Waals surface area contributed by atoms with Gasteiger partial charge >= 0.3 is 18.2 Å². The zero-order valence-corrected chi connectivity index (χ0v) is 22.7. The van der Waals surface area contributed by atoms with E-state index in [2.05, 4.69) is 36.1 Å². The number of aromatic nitrogens is 6. The smallest absolute Gasteiger partial charge is 0.375 e. The molecule has 0 spiro atoms. The van der Waals surface area contributed by atoms with Crippen LogP contribution in [0.1, 0.15) is 24.3 Å². The van der Waals surface area contributed by atoms with Crippen LogP contribution in [-0.2, 0) is 10.9 Å². The fourth-order valence-electron chi connectivity index (χ4n) is 3.50. The fraction of sp³-hybridized carbons (Fsp3) is 0.273. The van der Waals surface area contributed by atoms with Gasteiger partial charge in [0.2, 0.25) is 0 Å². The maximum absolute atomic E-state index is 14.0. The number of methoxy groups -OCH3 is 1. The Bertz CT molecular complexity index is 1590. The number of nitrogens with zero attached hydrogens (tertiary/aromatic N) is 7. The summed E-state index contributed by atoms with van der Waals surface area (Å²) in [5.74, 6) is -0.632. The van der Waals surface area contributed by atoms with Crippen LogP contribution in [0.4, 0.5) is 39.8 Å². The van der Waals surface area contributed by atoms with Gasteiger partial charge in [-0.15, -0.1) is 0 Å². The lowest BCUT2D eigenvalue weighted by molar-refractivity contribution is -0.137. The Morgan fingerprint density at radius 2 is 1.77 bits per heavy atom. The standard InChI is InChI=1S/C22H21Cl2F3N10O3/c1-10(40-4)17-13(8-28-16-6-15(23)33-37(16)17)31-20(38)30-11-5-12(22(25,26)27)19(29-7-11)36-9-14(18(24)34-36)32-21(39)35(2)3/h5-10H,1-4H3,(H,32,39)(H2,30,31,38)/t10-/m0/s1. The summed E-state index contributed by atoms with van der Waals surface area (Å²) in [5, 5.41) is 15.1. The molecule has 0 bridgehead atoms. The summed E-state index contributed by atoms with van der Waals surface area (Å²) in [6.07, 6.45) is -2.02. The Labute approximate surface area is 234 Å². The average Bonchev–Trinajstić information content (AvgIpc) is 3.43. The third-order valence-corrected chi connectivity index (χ3v) is 5.91. The minimum Gasteiger partial charge on any atom is -0.375 e. The van der Waals surface area contributed by atoms with E-state index in [1.165, 1.54) is 42.9 Å². The third-order valence-electron chi connectivity index (χ3n) is 5.44. The molecule has 3 N–H and O–H groups in total. The lowest BCUT2D eigenvalue weighted by atomic mass is 10.2. The molecule has 1 atom stereocenters. The Hall–Kier alpha value is -4.15. The molecule has 4 heterocycles. The highest BCUT2D eigenvalue weighted by atomic mass is 35.5. The average molecular weight is 601 g/mol. The normalized spacial score (nSPS) is 12.3. The second kappa shape index (κ2) is 11.1. The predicted molar refractivity (Wildman–Crippen MR) is 140 cm³/mol. The predicted octanol–water partition coefficient (Wildman–Crippen LogP) is 5.08. The van der Waals surface area contributed by atoms with E-state index in [1.807, 2.05) is 0 Å². The van der Waals surface area contributed by atoms with Crippen molar-refractivity contribution in [2.75, 3.05) is 37.2 Å². The Morgan fingerprint density at radius 1 is 1.05 bits per heavy atom. The maximum atomic E-state index is 14.0. The molecule has 0 unspecified atom stereocenters. The van der Waals surface area contributed by atoms with Gasteiger partial charge in [0.1, 0.15) is 11.3 Å². The molecule has 13 nitrogen and oxygen atoms in total. The summed E-state index contributed by atoms with van der Waals surface area (Å²) in [7, 11) is 4.39. The van der Waals surface area contributed by atoms with E-state index in [0.717, 1.165) is 17.1 Å². The molecular weight excluding hydrogens is 580 g/mol. The summed E-state index contributed by atoms with van der Waals surface area (Å²) in [6.45, 7) is 1.70. The van der Waals surface area contributed by atoms with Gasteiger partial charge in [0.15, 0.2) is 21.8 Å². The van der Waals surface area contributed by atoms with Gasteiger partial charge in [-0.05, 0) is 13.0 Å². The number of fused-ring (bicyclic) bond motifs is 1. The maximum Gasteiger partial charge on any atom is 0.420 e.